The molecule has 28 heavy (non-hydrogen) atoms. The van der Waals surface area contributed by atoms with E-state index >= 15 is 0 Å². The van der Waals surface area contributed by atoms with Crippen LogP contribution in [0.5, 0.6) is 11.5 Å². The first kappa shape index (κ1) is 18.1. The third-order valence-electron chi connectivity index (χ3n) is 4.37. The number of nitrogens with zero attached hydrogens (tertiary/aromatic N) is 1. The minimum atomic E-state index is -0.529. The maximum Gasteiger partial charge on any atom is 0.345 e. The predicted molar refractivity (Wildman–Crippen MR) is 106 cm³/mol. The minimum absolute atomic E-state index is 0.304. The molecule has 0 amide bonds. The molecule has 140 valence electrons. The summed E-state index contributed by atoms with van der Waals surface area (Å²) in [6, 6.07) is 19.7. The molecule has 0 N–H and O–H groups in total. The van der Waals surface area contributed by atoms with E-state index in [1.54, 1.807) is 43.5 Å². The van der Waals surface area contributed by atoms with Crippen molar-refractivity contribution in [3.8, 4) is 11.5 Å². The zero-order valence-electron chi connectivity index (χ0n) is 15.0. The average Bonchev–Trinajstić information content (AvgIpc) is 3.10. The highest BCUT2D eigenvalue weighted by atomic mass is 35.5. The lowest BCUT2D eigenvalue weighted by atomic mass is 10.1. The van der Waals surface area contributed by atoms with Crippen molar-refractivity contribution >= 4 is 28.5 Å². The second-order valence-corrected chi connectivity index (χ2v) is 6.55. The molecule has 1 aromatic heterocycles. The first-order chi connectivity index (χ1) is 13.7. The summed E-state index contributed by atoms with van der Waals surface area (Å²) in [5.74, 6) is 0.625. The van der Waals surface area contributed by atoms with Crippen LogP contribution >= 0.6 is 11.6 Å². The highest BCUT2D eigenvalue weighted by molar-refractivity contribution is 6.33. The molecule has 0 radical (unpaired) electrons. The summed E-state index contributed by atoms with van der Waals surface area (Å²) in [6.45, 7) is 0. The Balaban J connectivity index is 1.58. The molecule has 1 heterocycles. The van der Waals surface area contributed by atoms with Crippen molar-refractivity contribution < 1.29 is 18.8 Å². The van der Waals surface area contributed by atoms with Crippen molar-refractivity contribution in [1.82, 2.24) is 5.16 Å². The Kier molecular flexibility index (Phi) is 5.00. The number of methoxy groups -OCH3 is 1. The number of para-hydroxylation sites is 1. The van der Waals surface area contributed by atoms with Crippen LogP contribution < -0.4 is 9.47 Å². The fraction of sp³-hybridized carbons (Fsp3) is 0.0909. The van der Waals surface area contributed by atoms with Gasteiger partial charge in [0.2, 0.25) is 0 Å². The molecule has 0 spiro atoms. The lowest BCUT2D eigenvalue weighted by Crippen LogP contribution is -2.08. The number of carbonyl (C=O) groups excluding carboxylic acids is 1. The molecule has 0 aliphatic heterocycles. The van der Waals surface area contributed by atoms with Crippen molar-refractivity contribution in [3.05, 3.63) is 88.6 Å². The quantitative estimate of drug-likeness (QED) is 0.340. The topological polar surface area (TPSA) is 61.6 Å². The second-order valence-electron chi connectivity index (χ2n) is 6.15. The minimum Gasteiger partial charge on any atom is -0.496 e. The van der Waals surface area contributed by atoms with E-state index in [-0.39, 0.29) is 0 Å². The number of carbonyl (C=O) groups is 1. The first-order valence-electron chi connectivity index (χ1n) is 8.62. The molecule has 0 fully saturated rings. The molecule has 0 unspecified atom stereocenters. The fourth-order valence-electron chi connectivity index (χ4n) is 2.98. The van der Waals surface area contributed by atoms with Crippen LogP contribution in [0.1, 0.15) is 21.6 Å². The predicted octanol–water partition coefficient (Wildman–Crippen LogP) is 5.30. The highest BCUT2D eigenvalue weighted by Gasteiger charge is 2.15. The summed E-state index contributed by atoms with van der Waals surface area (Å²) in [5, 5.41) is 5.36. The molecule has 0 aliphatic carbocycles. The van der Waals surface area contributed by atoms with Crippen LogP contribution in [-0.2, 0) is 6.42 Å². The van der Waals surface area contributed by atoms with E-state index in [9.17, 15) is 4.79 Å². The summed E-state index contributed by atoms with van der Waals surface area (Å²) < 4.78 is 16.3. The van der Waals surface area contributed by atoms with Crippen molar-refractivity contribution in [1.29, 1.82) is 0 Å². The third kappa shape index (κ3) is 3.57. The van der Waals surface area contributed by atoms with E-state index in [4.69, 9.17) is 25.6 Å². The van der Waals surface area contributed by atoms with Gasteiger partial charge >= 0.3 is 5.97 Å². The first-order valence-corrected chi connectivity index (χ1v) is 9.00. The van der Waals surface area contributed by atoms with Gasteiger partial charge in [-0.25, -0.2) is 4.79 Å². The summed E-state index contributed by atoms with van der Waals surface area (Å²) in [7, 11) is 1.64. The van der Waals surface area contributed by atoms with Gasteiger partial charge in [-0.1, -0.05) is 47.1 Å². The molecule has 0 aliphatic rings. The number of rotatable bonds is 5. The Hall–Kier alpha value is -3.31. The molecule has 6 heteroatoms. The van der Waals surface area contributed by atoms with Gasteiger partial charge in [0, 0.05) is 23.4 Å². The number of benzene rings is 3. The van der Waals surface area contributed by atoms with E-state index in [0.29, 0.717) is 28.3 Å². The Morgan fingerprint density at radius 3 is 2.68 bits per heavy atom. The number of esters is 1. The Labute approximate surface area is 166 Å². The Bertz CT molecular complexity index is 1150. The van der Waals surface area contributed by atoms with E-state index in [1.165, 1.54) is 0 Å². The molecule has 0 atom stereocenters. The maximum atomic E-state index is 12.3. The largest absolute Gasteiger partial charge is 0.496 e. The number of hydrogen-bond donors (Lipinski definition) is 0. The summed E-state index contributed by atoms with van der Waals surface area (Å²) in [6.07, 6.45) is 0.565. The van der Waals surface area contributed by atoms with Crippen LogP contribution in [-0.4, -0.2) is 18.2 Å². The van der Waals surface area contributed by atoms with Gasteiger partial charge in [-0.15, -0.1) is 0 Å². The van der Waals surface area contributed by atoms with Crippen molar-refractivity contribution in [2.24, 2.45) is 0 Å². The van der Waals surface area contributed by atoms with Gasteiger partial charge in [-0.3, -0.25) is 0 Å². The smallest absolute Gasteiger partial charge is 0.345 e. The molecule has 4 rings (SSSR count). The van der Waals surface area contributed by atoms with Gasteiger partial charge in [0.25, 0.3) is 0 Å². The summed E-state index contributed by atoms with van der Waals surface area (Å²) in [5.41, 5.74) is 2.63. The number of halogens is 1. The van der Waals surface area contributed by atoms with Gasteiger partial charge in [-0.05, 0) is 30.3 Å². The third-order valence-corrected chi connectivity index (χ3v) is 4.70. The van der Waals surface area contributed by atoms with Crippen molar-refractivity contribution in [2.45, 2.75) is 6.42 Å². The lowest BCUT2D eigenvalue weighted by Gasteiger charge is -2.07. The normalized spacial score (nSPS) is 10.8. The van der Waals surface area contributed by atoms with Crippen LogP contribution in [0.2, 0.25) is 5.02 Å². The molecule has 4 aromatic rings. The molecule has 0 saturated carbocycles. The zero-order chi connectivity index (χ0) is 19.5. The van der Waals surface area contributed by atoms with Gasteiger partial charge in [0.15, 0.2) is 5.58 Å². The van der Waals surface area contributed by atoms with Crippen molar-refractivity contribution in [2.75, 3.05) is 7.11 Å². The number of hydrogen-bond acceptors (Lipinski definition) is 5. The average molecular weight is 394 g/mol. The molecule has 0 bridgehead atoms. The monoisotopic (exact) mass is 393 g/mol. The molecular weight excluding hydrogens is 378 g/mol. The van der Waals surface area contributed by atoms with Crippen LogP contribution in [0.25, 0.3) is 11.0 Å². The molecule has 3 aromatic carbocycles. The molecular formula is C22H16ClNO4. The van der Waals surface area contributed by atoms with Crippen LogP contribution in [0.4, 0.5) is 0 Å². The van der Waals surface area contributed by atoms with Gasteiger partial charge in [0.1, 0.15) is 11.5 Å². The van der Waals surface area contributed by atoms with Crippen molar-refractivity contribution in [3.63, 3.8) is 0 Å². The van der Waals surface area contributed by atoms with E-state index in [2.05, 4.69) is 5.16 Å². The molecule has 0 saturated heterocycles. The number of fused-ring (bicyclic) bond motifs is 1. The lowest BCUT2D eigenvalue weighted by molar-refractivity contribution is 0.0735. The van der Waals surface area contributed by atoms with E-state index in [0.717, 1.165) is 22.4 Å². The van der Waals surface area contributed by atoms with E-state index in [1.807, 2.05) is 30.3 Å². The van der Waals surface area contributed by atoms with Gasteiger partial charge in [-0.2, -0.15) is 0 Å². The Morgan fingerprint density at radius 2 is 1.86 bits per heavy atom. The second kappa shape index (κ2) is 7.74. The van der Waals surface area contributed by atoms with Gasteiger partial charge < -0.3 is 14.0 Å². The van der Waals surface area contributed by atoms with Crippen LogP contribution in [0.3, 0.4) is 0 Å². The number of aromatic nitrogens is 1. The maximum absolute atomic E-state index is 12.3. The van der Waals surface area contributed by atoms with E-state index < -0.39 is 5.97 Å². The highest BCUT2D eigenvalue weighted by Crippen LogP contribution is 2.28. The molecule has 5 nitrogen and oxygen atoms in total. The summed E-state index contributed by atoms with van der Waals surface area (Å²) >= 11 is 6.05. The van der Waals surface area contributed by atoms with Gasteiger partial charge in [0.05, 0.1) is 23.4 Å². The zero-order valence-corrected chi connectivity index (χ0v) is 15.8. The standard InChI is InChI=1S/C22H16ClNO4/c1-26-20-9-5-2-6-14(20)12-19-17-11-10-15(13-21(17)28-24-19)27-22(25)16-7-3-4-8-18(16)23/h2-11,13H,12H2,1H3. The van der Waals surface area contributed by atoms with Crippen LogP contribution in [0.15, 0.2) is 71.3 Å². The number of ether oxygens (including phenoxy) is 2. The Morgan fingerprint density at radius 1 is 1.07 bits per heavy atom. The van der Waals surface area contributed by atoms with Crippen LogP contribution in [0, 0.1) is 0 Å². The summed E-state index contributed by atoms with van der Waals surface area (Å²) in [4.78, 5) is 12.3. The fourth-order valence-corrected chi connectivity index (χ4v) is 3.19. The SMILES string of the molecule is COc1ccccc1Cc1noc2cc(OC(=O)c3ccccc3Cl)ccc12.